The minimum atomic E-state index is -1.10. The van der Waals surface area contributed by atoms with Gasteiger partial charge in [0.25, 0.3) is 0 Å². The van der Waals surface area contributed by atoms with Crippen LogP contribution in [-0.2, 0) is 32.1 Å². The molecule has 1 aliphatic heterocycles. The molecule has 34 heavy (non-hydrogen) atoms. The largest absolute Gasteiger partial charge is 0.480 e. The Morgan fingerprint density at radius 2 is 1.76 bits per heavy atom. The number of rotatable bonds is 10. The standard InChI is InChI=1S/C24H35N3O7/c1-15(20(28)27-14-17-10-6-5-9-16(17)13-19(27)22(31)32)26-18(21(29)30)11-7-8-12-25-23(33)34-24(2,3)4/h5-6,9-10,15,18-19,26H,7-8,11-14H2,1-4H3,(H,25,33)(H,29,30)(H,31,32)/t15-,18?,19?/m0/s1. The molecule has 0 saturated carbocycles. The molecule has 188 valence electrons. The number of carbonyl (C=O) groups is 4. The van der Waals surface area contributed by atoms with E-state index in [0.717, 1.165) is 11.1 Å². The molecule has 0 aliphatic carbocycles. The van der Waals surface area contributed by atoms with Gasteiger partial charge in [0, 0.05) is 19.5 Å². The molecule has 0 saturated heterocycles. The Bertz CT molecular complexity index is 897. The molecule has 1 aromatic rings. The lowest BCUT2D eigenvalue weighted by molar-refractivity contribution is -0.152. The van der Waals surface area contributed by atoms with Gasteiger partial charge in [-0.05, 0) is 58.1 Å². The number of amides is 2. The summed E-state index contributed by atoms with van der Waals surface area (Å²) < 4.78 is 5.15. The molecule has 10 nitrogen and oxygen atoms in total. The second kappa shape index (κ2) is 11.8. The number of aliphatic carboxylic acids is 2. The van der Waals surface area contributed by atoms with Gasteiger partial charge in [-0.25, -0.2) is 9.59 Å². The van der Waals surface area contributed by atoms with Gasteiger partial charge in [0.2, 0.25) is 5.91 Å². The van der Waals surface area contributed by atoms with E-state index in [9.17, 15) is 29.4 Å². The molecule has 1 aromatic carbocycles. The smallest absolute Gasteiger partial charge is 0.407 e. The van der Waals surface area contributed by atoms with Gasteiger partial charge in [0.15, 0.2) is 0 Å². The summed E-state index contributed by atoms with van der Waals surface area (Å²) in [5.74, 6) is -2.65. The summed E-state index contributed by atoms with van der Waals surface area (Å²) in [4.78, 5) is 49.6. The third kappa shape index (κ3) is 8.02. The van der Waals surface area contributed by atoms with Gasteiger partial charge < -0.3 is 25.2 Å². The first-order valence-electron chi connectivity index (χ1n) is 11.4. The van der Waals surface area contributed by atoms with Crippen LogP contribution in [0, 0.1) is 0 Å². The zero-order chi connectivity index (χ0) is 25.5. The maximum Gasteiger partial charge on any atom is 0.407 e. The summed E-state index contributed by atoms with van der Waals surface area (Å²) in [7, 11) is 0. The number of carbonyl (C=O) groups excluding carboxylic acids is 2. The summed E-state index contributed by atoms with van der Waals surface area (Å²) in [5, 5.41) is 24.7. The number of nitrogens with zero attached hydrogens (tertiary/aromatic N) is 1. The molecule has 10 heteroatoms. The molecule has 2 unspecified atom stereocenters. The number of unbranched alkanes of at least 4 members (excludes halogenated alkanes) is 1. The minimum absolute atomic E-state index is 0.159. The number of ether oxygens (including phenoxy) is 1. The van der Waals surface area contributed by atoms with E-state index < -0.39 is 47.7 Å². The summed E-state index contributed by atoms with van der Waals surface area (Å²) in [6.07, 6.45) is 0.952. The molecular formula is C24H35N3O7. The van der Waals surface area contributed by atoms with E-state index in [2.05, 4.69) is 10.6 Å². The van der Waals surface area contributed by atoms with Crippen LogP contribution in [0.4, 0.5) is 4.79 Å². The number of benzene rings is 1. The summed E-state index contributed by atoms with van der Waals surface area (Å²) in [6.45, 7) is 7.33. The van der Waals surface area contributed by atoms with Crippen LogP contribution in [0.3, 0.4) is 0 Å². The molecule has 3 atom stereocenters. The number of carboxylic acids is 2. The second-order valence-corrected chi connectivity index (χ2v) is 9.50. The van der Waals surface area contributed by atoms with Crippen molar-refractivity contribution in [2.45, 2.75) is 83.6 Å². The van der Waals surface area contributed by atoms with E-state index in [-0.39, 0.29) is 19.4 Å². The predicted octanol–water partition coefficient (Wildman–Crippen LogP) is 2.15. The topological polar surface area (TPSA) is 145 Å². The molecule has 4 N–H and O–H groups in total. The van der Waals surface area contributed by atoms with Crippen molar-refractivity contribution < 1.29 is 34.1 Å². The van der Waals surface area contributed by atoms with Crippen molar-refractivity contribution in [2.24, 2.45) is 0 Å². The van der Waals surface area contributed by atoms with Gasteiger partial charge in [0.05, 0.1) is 6.04 Å². The average molecular weight is 478 g/mol. The van der Waals surface area contributed by atoms with Crippen molar-refractivity contribution in [1.82, 2.24) is 15.5 Å². The fourth-order valence-electron chi connectivity index (χ4n) is 3.85. The number of hydrogen-bond acceptors (Lipinski definition) is 6. The lowest BCUT2D eigenvalue weighted by Crippen LogP contribution is -2.56. The zero-order valence-corrected chi connectivity index (χ0v) is 20.2. The van der Waals surface area contributed by atoms with Crippen molar-refractivity contribution in [1.29, 1.82) is 0 Å². The Kier molecular flexibility index (Phi) is 9.43. The predicted molar refractivity (Wildman–Crippen MR) is 124 cm³/mol. The van der Waals surface area contributed by atoms with Crippen molar-refractivity contribution >= 4 is 23.9 Å². The SMILES string of the molecule is C[C@H](NC(CCCCNC(=O)OC(C)(C)C)C(=O)O)C(=O)N1Cc2ccccc2CC1C(=O)O. The minimum Gasteiger partial charge on any atom is -0.480 e. The van der Waals surface area contributed by atoms with Crippen LogP contribution >= 0.6 is 0 Å². The summed E-state index contributed by atoms with van der Waals surface area (Å²) >= 11 is 0. The van der Waals surface area contributed by atoms with Crippen LogP contribution in [0.2, 0.25) is 0 Å². The van der Waals surface area contributed by atoms with Crippen LogP contribution in [0.5, 0.6) is 0 Å². The quantitative estimate of drug-likeness (QED) is 0.375. The van der Waals surface area contributed by atoms with Gasteiger partial charge in [0.1, 0.15) is 17.7 Å². The van der Waals surface area contributed by atoms with E-state index in [1.807, 2.05) is 24.3 Å². The number of hydrogen-bond donors (Lipinski definition) is 4. The maximum atomic E-state index is 13.1. The second-order valence-electron chi connectivity index (χ2n) is 9.50. The molecule has 2 rings (SSSR count). The van der Waals surface area contributed by atoms with Gasteiger partial charge in [-0.15, -0.1) is 0 Å². The molecule has 0 radical (unpaired) electrons. The van der Waals surface area contributed by atoms with E-state index >= 15 is 0 Å². The third-order valence-electron chi connectivity index (χ3n) is 5.52. The maximum absolute atomic E-state index is 13.1. The van der Waals surface area contributed by atoms with Crippen LogP contribution in [-0.4, -0.2) is 69.3 Å². The molecule has 1 heterocycles. The normalized spacial score (nSPS) is 17.3. The lowest BCUT2D eigenvalue weighted by Gasteiger charge is -2.36. The Hall–Kier alpha value is -3.14. The molecule has 0 spiro atoms. The van der Waals surface area contributed by atoms with Gasteiger partial charge >= 0.3 is 18.0 Å². The zero-order valence-electron chi connectivity index (χ0n) is 20.2. The van der Waals surface area contributed by atoms with E-state index in [0.29, 0.717) is 19.4 Å². The Labute approximate surface area is 199 Å². The highest BCUT2D eigenvalue weighted by Crippen LogP contribution is 2.24. The van der Waals surface area contributed by atoms with Crippen molar-refractivity contribution in [2.75, 3.05) is 6.54 Å². The third-order valence-corrected chi connectivity index (χ3v) is 5.52. The highest BCUT2D eigenvalue weighted by Gasteiger charge is 2.37. The number of fused-ring (bicyclic) bond motifs is 1. The Balaban J connectivity index is 1.90. The monoisotopic (exact) mass is 477 g/mol. The Morgan fingerprint density at radius 3 is 2.35 bits per heavy atom. The van der Waals surface area contributed by atoms with Crippen molar-refractivity contribution in [3.63, 3.8) is 0 Å². The van der Waals surface area contributed by atoms with Gasteiger partial charge in [-0.1, -0.05) is 24.3 Å². The first-order valence-corrected chi connectivity index (χ1v) is 11.4. The highest BCUT2D eigenvalue weighted by atomic mass is 16.6. The molecule has 0 bridgehead atoms. The first-order chi connectivity index (χ1) is 15.9. The number of nitrogens with one attached hydrogen (secondary N) is 2. The van der Waals surface area contributed by atoms with Crippen LogP contribution in [0.15, 0.2) is 24.3 Å². The van der Waals surface area contributed by atoms with Crippen molar-refractivity contribution in [3.8, 4) is 0 Å². The molecular weight excluding hydrogens is 442 g/mol. The first kappa shape index (κ1) is 27.1. The lowest BCUT2D eigenvalue weighted by atomic mass is 9.93. The van der Waals surface area contributed by atoms with Gasteiger partial charge in [-0.2, -0.15) is 0 Å². The highest BCUT2D eigenvalue weighted by molar-refractivity contribution is 5.88. The average Bonchev–Trinajstić information content (AvgIpc) is 2.75. The van der Waals surface area contributed by atoms with E-state index in [4.69, 9.17) is 4.74 Å². The fraction of sp³-hybridized carbons (Fsp3) is 0.583. The van der Waals surface area contributed by atoms with E-state index in [1.165, 1.54) is 4.90 Å². The molecule has 0 fully saturated rings. The summed E-state index contributed by atoms with van der Waals surface area (Å²) in [5.41, 5.74) is 1.18. The Morgan fingerprint density at radius 1 is 1.12 bits per heavy atom. The van der Waals surface area contributed by atoms with Gasteiger partial charge in [-0.3, -0.25) is 14.9 Å². The van der Waals surface area contributed by atoms with E-state index in [1.54, 1.807) is 27.7 Å². The van der Waals surface area contributed by atoms with Crippen LogP contribution in [0.1, 0.15) is 58.1 Å². The molecule has 1 aliphatic rings. The summed E-state index contributed by atoms with van der Waals surface area (Å²) in [6, 6.07) is 4.51. The van der Waals surface area contributed by atoms with Crippen LogP contribution in [0.25, 0.3) is 0 Å². The van der Waals surface area contributed by atoms with Crippen molar-refractivity contribution in [3.05, 3.63) is 35.4 Å². The van der Waals surface area contributed by atoms with Crippen LogP contribution < -0.4 is 10.6 Å². The fourth-order valence-corrected chi connectivity index (χ4v) is 3.85. The molecule has 0 aromatic heterocycles. The number of alkyl carbamates (subject to hydrolysis) is 1. The number of carboxylic acid groups (broad SMARTS) is 2. The molecule has 2 amide bonds.